The number of hydrogen-bond acceptors (Lipinski definition) is 3. The van der Waals surface area contributed by atoms with Crippen LogP contribution >= 0.6 is 12.4 Å². The lowest BCUT2D eigenvalue weighted by Gasteiger charge is -2.27. The number of nitrogens with one attached hydrogen (secondary N) is 1. The first kappa shape index (κ1) is 16.2. The van der Waals surface area contributed by atoms with Crippen molar-refractivity contribution in [2.75, 3.05) is 13.1 Å². The number of rotatable bonds is 4. The molecule has 1 saturated heterocycles. The zero-order valence-corrected chi connectivity index (χ0v) is 12.4. The molecule has 6 heteroatoms. The normalized spacial score (nSPS) is 26.2. The molecule has 0 spiro atoms. The Morgan fingerprint density at radius 1 is 1.37 bits per heavy atom. The largest absolute Gasteiger partial charge is 0.346 e. The lowest BCUT2D eigenvalue weighted by atomic mass is 10.1. The van der Waals surface area contributed by atoms with Crippen LogP contribution in [-0.4, -0.2) is 41.9 Å². The smallest absolute Gasteiger partial charge is 0.242 e. The van der Waals surface area contributed by atoms with Gasteiger partial charge in [-0.25, -0.2) is 0 Å². The highest BCUT2D eigenvalue weighted by Crippen LogP contribution is 2.37. The van der Waals surface area contributed by atoms with Gasteiger partial charge in [-0.2, -0.15) is 0 Å². The van der Waals surface area contributed by atoms with Gasteiger partial charge < -0.3 is 16.0 Å². The average Bonchev–Trinajstić information content (AvgIpc) is 2.96. The highest BCUT2D eigenvalue weighted by molar-refractivity contribution is 5.87. The van der Waals surface area contributed by atoms with Crippen LogP contribution in [0.25, 0.3) is 0 Å². The predicted octanol–water partition coefficient (Wildman–Crippen LogP) is 0.519. The Kier molecular flexibility index (Phi) is 5.62. The second-order valence-electron chi connectivity index (χ2n) is 5.87. The Balaban J connectivity index is 0.00000180. The number of amides is 2. The Labute approximate surface area is 120 Å². The minimum absolute atomic E-state index is 0. The molecule has 0 aromatic rings. The molecule has 0 radical (unpaired) electrons. The van der Waals surface area contributed by atoms with Gasteiger partial charge in [0.1, 0.15) is 0 Å². The second kappa shape index (κ2) is 6.57. The summed E-state index contributed by atoms with van der Waals surface area (Å²) in [6, 6.07) is -0.119. The third-order valence-corrected chi connectivity index (χ3v) is 4.16. The van der Waals surface area contributed by atoms with Crippen molar-refractivity contribution < 1.29 is 9.59 Å². The quantitative estimate of drug-likeness (QED) is 0.792. The maximum Gasteiger partial charge on any atom is 0.242 e. The van der Waals surface area contributed by atoms with E-state index < -0.39 is 6.04 Å². The van der Waals surface area contributed by atoms with Crippen LogP contribution in [0.2, 0.25) is 0 Å². The molecule has 2 aliphatic rings. The van der Waals surface area contributed by atoms with Crippen molar-refractivity contribution in [2.45, 2.75) is 45.2 Å². The number of nitrogens with zero attached hydrogens (tertiary/aromatic N) is 1. The molecule has 1 heterocycles. The molecule has 0 aromatic carbocycles. The van der Waals surface area contributed by atoms with Gasteiger partial charge >= 0.3 is 0 Å². The van der Waals surface area contributed by atoms with E-state index in [9.17, 15) is 9.59 Å². The highest BCUT2D eigenvalue weighted by atomic mass is 35.5. The van der Waals surface area contributed by atoms with Crippen LogP contribution in [0.15, 0.2) is 0 Å². The van der Waals surface area contributed by atoms with E-state index in [1.54, 1.807) is 0 Å². The van der Waals surface area contributed by atoms with Gasteiger partial charge in [-0.3, -0.25) is 9.59 Å². The molecule has 110 valence electrons. The fourth-order valence-corrected chi connectivity index (χ4v) is 2.92. The van der Waals surface area contributed by atoms with Gasteiger partial charge in [0, 0.05) is 12.6 Å². The van der Waals surface area contributed by atoms with Gasteiger partial charge in [0.2, 0.25) is 11.8 Å². The van der Waals surface area contributed by atoms with Crippen LogP contribution in [0, 0.1) is 11.8 Å². The Morgan fingerprint density at radius 3 is 2.53 bits per heavy atom. The first-order valence-corrected chi connectivity index (χ1v) is 6.81. The van der Waals surface area contributed by atoms with Crippen molar-refractivity contribution in [1.29, 1.82) is 0 Å². The van der Waals surface area contributed by atoms with Gasteiger partial charge in [0.25, 0.3) is 0 Å². The lowest BCUT2D eigenvalue weighted by molar-refractivity contribution is -0.134. The summed E-state index contributed by atoms with van der Waals surface area (Å²) in [5.41, 5.74) is 5.72. The number of hydrogen-bond donors (Lipinski definition) is 2. The molecular weight excluding hydrogens is 266 g/mol. The van der Waals surface area contributed by atoms with Gasteiger partial charge in [0.05, 0.1) is 12.6 Å². The van der Waals surface area contributed by atoms with Crippen LogP contribution in [0.3, 0.4) is 0 Å². The summed E-state index contributed by atoms with van der Waals surface area (Å²) >= 11 is 0. The predicted molar refractivity (Wildman–Crippen MR) is 75.9 cm³/mol. The summed E-state index contributed by atoms with van der Waals surface area (Å²) in [6.07, 6.45) is 3.51. The molecule has 2 fully saturated rings. The van der Waals surface area contributed by atoms with Crippen LogP contribution in [0.5, 0.6) is 0 Å². The maximum atomic E-state index is 12.0. The van der Waals surface area contributed by atoms with E-state index in [1.807, 2.05) is 18.7 Å². The first-order chi connectivity index (χ1) is 8.49. The minimum Gasteiger partial charge on any atom is -0.346 e. The van der Waals surface area contributed by atoms with Crippen LogP contribution in [0.4, 0.5) is 0 Å². The van der Waals surface area contributed by atoms with Gasteiger partial charge in [-0.15, -0.1) is 12.4 Å². The molecule has 3 N–H and O–H groups in total. The standard InChI is InChI=1S/C13H23N3O2.ClH/c1-8(2)12(14)13(18)15-6-11(17)16-7-9-3-4-10(16)5-9;/h8-10,12H,3-7,14H2,1-2H3,(H,15,18);1H/t9?,10?,12-;/m0./s1. The fraction of sp³-hybridized carbons (Fsp3) is 0.846. The van der Waals surface area contributed by atoms with Crippen LogP contribution < -0.4 is 11.1 Å². The number of carbonyl (C=O) groups excluding carboxylic acids is 2. The molecule has 1 aliphatic carbocycles. The SMILES string of the molecule is CC(C)[C@H](N)C(=O)NCC(=O)N1CC2CCC1C2.Cl. The average molecular weight is 290 g/mol. The summed E-state index contributed by atoms with van der Waals surface area (Å²) in [4.78, 5) is 25.6. The van der Waals surface area contributed by atoms with E-state index in [0.29, 0.717) is 12.0 Å². The van der Waals surface area contributed by atoms with Crippen LogP contribution in [-0.2, 0) is 9.59 Å². The van der Waals surface area contributed by atoms with Crippen molar-refractivity contribution in [3.05, 3.63) is 0 Å². The zero-order chi connectivity index (χ0) is 13.3. The molecule has 3 atom stereocenters. The molecule has 19 heavy (non-hydrogen) atoms. The summed E-state index contributed by atoms with van der Waals surface area (Å²) in [7, 11) is 0. The van der Waals surface area contributed by atoms with Crippen molar-refractivity contribution in [2.24, 2.45) is 17.6 Å². The number of piperidine rings is 1. The molecule has 2 bridgehead atoms. The lowest BCUT2D eigenvalue weighted by Crippen LogP contribution is -2.49. The third kappa shape index (κ3) is 3.60. The Bertz CT molecular complexity index is 349. The number of fused-ring (bicyclic) bond motifs is 2. The topological polar surface area (TPSA) is 75.4 Å². The molecular formula is C13H24ClN3O2. The summed E-state index contributed by atoms with van der Waals surface area (Å²) in [5.74, 6) is 0.574. The van der Waals surface area contributed by atoms with E-state index in [4.69, 9.17) is 5.73 Å². The van der Waals surface area contributed by atoms with E-state index in [2.05, 4.69) is 5.32 Å². The van der Waals surface area contributed by atoms with Crippen molar-refractivity contribution in [3.8, 4) is 0 Å². The molecule has 0 aromatic heterocycles. The van der Waals surface area contributed by atoms with E-state index in [0.717, 1.165) is 19.4 Å². The van der Waals surface area contributed by atoms with Gasteiger partial charge in [0.15, 0.2) is 0 Å². The Morgan fingerprint density at radius 2 is 2.05 bits per heavy atom. The van der Waals surface area contributed by atoms with Crippen molar-refractivity contribution in [3.63, 3.8) is 0 Å². The fourth-order valence-electron chi connectivity index (χ4n) is 2.92. The van der Waals surface area contributed by atoms with E-state index >= 15 is 0 Å². The van der Waals surface area contributed by atoms with Crippen LogP contribution in [0.1, 0.15) is 33.1 Å². The first-order valence-electron chi connectivity index (χ1n) is 6.81. The van der Waals surface area contributed by atoms with E-state index in [1.165, 1.54) is 6.42 Å². The molecule has 2 unspecified atom stereocenters. The monoisotopic (exact) mass is 289 g/mol. The third-order valence-electron chi connectivity index (χ3n) is 4.16. The number of nitrogens with two attached hydrogens (primary N) is 1. The summed E-state index contributed by atoms with van der Waals surface area (Å²) < 4.78 is 0. The molecule has 1 saturated carbocycles. The maximum absolute atomic E-state index is 12.0. The van der Waals surface area contributed by atoms with Crippen molar-refractivity contribution in [1.82, 2.24) is 10.2 Å². The van der Waals surface area contributed by atoms with Crippen molar-refractivity contribution >= 4 is 24.2 Å². The van der Waals surface area contributed by atoms with Gasteiger partial charge in [-0.1, -0.05) is 13.8 Å². The summed E-state index contributed by atoms with van der Waals surface area (Å²) in [5, 5.41) is 2.64. The van der Waals surface area contributed by atoms with E-state index in [-0.39, 0.29) is 36.7 Å². The minimum atomic E-state index is -0.534. The number of halogens is 1. The number of carbonyl (C=O) groups is 2. The molecule has 1 aliphatic heterocycles. The highest BCUT2D eigenvalue weighted by Gasteiger charge is 2.40. The Hall–Kier alpha value is -0.810. The number of likely N-dealkylation sites (tertiary alicyclic amines) is 1. The molecule has 5 nitrogen and oxygen atoms in total. The van der Waals surface area contributed by atoms with Gasteiger partial charge in [-0.05, 0) is 31.1 Å². The second-order valence-corrected chi connectivity index (χ2v) is 5.87. The molecule has 2 rings (SSSR count). The summed E-state index contributed by atoms with van der Waals surface area (Å²) in [6.45, 7) is 4.75. The zero-order valence-electron chi connectivity index (χ0n) is 11.6. The molecule has 2 amide bonds.